The number of hydrogen-bond acceptors (Lipinski definition) is 4. The molecule has 100 valence electrons. The molecule has 1 aromatic rings. The molecule has 0 aromatic heterocycles. The minimum absolute atomic E-state index is 0.334. The van der Waals surface area contributed by atoms with E-state index in [1.54, 1.807) is 7.11 Å². The summed E-state index contributed by atoms with van der Waals surface area (Å²) in [4.78, 5) is 0. The van der Waals surface area contributed by atoms with Gasteiger partial charge in [-0.25, -0.2) is 0 Å². The molecule has 0 saturated carbocycles. The molecule has 0 spiro atoms. The highest BCUT2D eigenvalue weighted by Crippen LogP contribution is 2.31. The third kappa shape index (κ3) is 3.56. The van der Waals surface area contributed by atoms with Crippen molar-refractivity contribution in [2.75, 3.05) is 25.2 Å². The Hall–Kier alpha value is -0.870. The van der Waals surface area contributed by atoms with E-state index in [-0.39, 0.29) is 0 Å². The van der Waals surface area contributed by atoms with Crippen LogP contribution < -0.4 is 15.2 Å². The van der Waals surface area contributed by atoms with E-state index in [4.69, 9.17) is 15.2 Å². The highest BCUT2D eigenvalue weighted by Gasteiger charge is 2.17. The Kier molecular flexibility index (Phi) is 5.20. The molecule has 1 aliphatic heterocycles. The lowest BCUT2D eigenvalue weighted by atomic mass is 10.1. The monoisotopic (exact) mass is 267 g/mol. The Bertz CT molecular complexity index is 378. The van der Waals surface area contributed by atoms with E-state index < -0.39 is 0 Å². The molecule has 2 rings (SSSR count). The zero-order valence-corrected chi connectivity index (χ0v) is 11.7. The first-order valence-corrected chi connectivity index (χ1v) is 7.60. The molecule has 2 N–H and O–H groups in total. The van der Waals surface area contributed by atoms with Gasteiger partial charge in [0.15, 0.2) is 11.5 Å². The molecular weight excluding hydrogens is 246 g/mol. The lowest BCUT2D eigenvalue weighted by Crippen LogP contribution is -2.22. The van der Waals surface area contributed by atoms with Gasteiger partial charge in [0.05, 0.1) is 7.11 Å². The first-order valence-electron chi connectivity index (χ1n) is 6.45. The largest absolute Gasteiger partial charge is 0.493 e. The molecule has 0 bridgehead atoms. The summed E-state index contributed by atoms with van der Waals surface area (Å²) in [6, 6.07) is 6.10. The number of ether oxygens (including phenoxy) is 2. The molecular formula is C14H21NO2S. The van der Waals surface area contributed by atoms with E-state index >= 15 is 0 Å². The van der Waals surface area contributed by atoms with E-state index in [9.17, 15) is 0 Å². The van der Waals surface area contributed by atoms with Crippen molar-refractivity contribution in [2.45, 2.75) is 25.4 Å². The van der Waals surface area contributed by atoms with Gasteiger partial charge in [-0.1, -0.05) is 6.07 Å². The van der Waals surface area contributed by atoms with Crippen LogP contribution in [-0.2, 0) is 6.42 Å². The van der Waals surface area contributed by atoms with Gasteiger partial charge in [-0.05, 0) is 55.0 Å². The summed E-state index contributed by atoms with van der Waals surface area (Å²) in [6.07, 6.45) is 3.45. The molecule has 4 heteroatoms. The van der Waals surface area contributed by atoms with Crippen molar-refractivity contribution in [2.24, 2.45) is 5.73 Å². The standard InChI is InChI=1S/C14H21NO2S/c1-16-14-10-11(4-7-15)2-3-13(14)17-12-5-8-18-9-6-12/h2-3,10,12H,4-9,15H2,1H3. The molecule has 3 nitrogen and oxygen atoms in total. The fourth-order valence-electron chi connectivity index (χ4n) is 2.10. The second-order valence-electron chi connectivity index (χ2n) is 4.45. The molecule has 0 amide bonds. The van der Waals surface area contributed by atoms with Gasteiger partial charge in [-0.3, -0.25) is 0 Å². The van der Waals surface area contributed by atoms with Crippen molar-refractivity contribution in [3.8, 4) is 11.5 Å². The number of hydrogen-bond donors (Lipinski definition) is 1. The minimum atomic E-state index is 0.334. The Labute approximate surface area is 113 Å². The maximum atomic E-state index is 6.04. The van der Waals surface area contributed by atoms with Crippen LogP contribution >= 0.6 is 11.8 Å². The Morgan fingerprint density at radius 3 is 2.72 bits per heavy atom. The fraction of sp³-hybridized carbons (Fsp3) is 0.571. The molecule has 1 saturated heterocycles. The second-order valence-corrected chi connectivity index (χ2v) is 5.68. The number of benzene rings is 1. The predicted molar refractivity (Wildman–Crippen MR) is 76.7 cm³/mol. The van der Waals surface area contributed by atoms with E-state index in [0.29, 0.717) is 12.6 Å². The van der Waals surface area contributed by atoms with Crippen molar-refractivity contribution in [3.05, 3.63) is 23.8 Å². The van der Waals surface area contributed by atoms with Crippen LogP contribution in [0, 0.1) is 0 Å². The average Bonchev–Trinajstić information content (AvgIpc) is 2.42. The van der Waals surface area contributed by atoms with E-state index in [2.05, 4.69) is 6.07 Å². The minimum Gasteiger partial charge on any atom is -0.493 e. The molecule has 1 aromatic carbocycles. The van der Waals surface area contributed by atoms with Crippen molar-refractivity contribution >= 4 is 11.8 Å². The SMILES string of the molecule is COc1cc(CCN)ccc1OC1CCSCC1. The van der Waals surface area contributed by atoms with Crippen LogP contribution in [0.3, 0.4) is 0 Å². The maximum absolute atomic E-state index is 6.04. The molecule has 0 aliphatic carbocycles. The van der Waals surface area contributed by atoms with Crippen molar-refractivity contribution in [1.82, 2.24) is 0 Å². The van der Waals surface area contributed by atoms with Gasteiger partial charge in [-0.15, -0.1) is 0 Å². The van der Waals surface area contributed by atoms with Gasteiger partial charge in [-0.2, -0.15) is 11.8 Å². The predicted octanol–water partition coefficient (Wildman–Crippen LogP) is 2.47. The molecule has 0 radical (unpaired) electrons. The van der Waals surface area contributed by atoms with Crippen LogP contribution in [0.2, 0.25) is 0 Å². The van der Waals surface area contributed by atoms with Crippen LogP contribution in [0.5, 0.6) is 11.5 Å². The van der Waals surface area contributed by atoms with E-state index in [0.717, 1.165) is 30.8 Å². The van der Waals surface area contributed by atoms with Gasteiger partial charge < -0.3 is 15.2 Å². The quantitative estimate of drug-likeness (QED) is 0.890. The number of rotatable bonds is 5. The summed E-state index contributed by atoms with van der Waals surface area (Å²) in [5.74, 6) is 4.06. The van der Waals surface area contributed by atoms with Crippen molar-refractivity contribution < 1.29 is 9.47 Å². The molecule has 1 heterocycles. The summed E-state index contributed by atoms with van der Waals surface area (Å²) in [5.41, 5.74) is 6.76. The summed E-state index contributed by atoms with van der Waals surface area (Å²) < 4.78 is 11.4. The van der Waals surface area contributed by atoms with Gasteiger partial charge in [0.25, 0.3) is 0 Å². The van der Waals surface area contributed by atoms with Crippen molar-refractivity contribution in [1.29, 1.82) is 0 Å². The number of methoxy groups -OCH3 is 1. The summed E-state index contributed by atoms with van der Waals surface area (Å²) in [5, 5.41) is 0. The Morgan fingerprint density at radius 2 is 2.06 bits per heavy atom. The van der Waals surface area contributed by atoms with E-state index in [1.165, 1.54) is 17.1 Å². The molecule has 0 atom stereocenters. The fourth-order valence-corrected chi connectivity index (χ4v) is 3.17. The first kappa shape index (κ1) is 13.6. The summed E-state index contributed by atoms with van der Waals surface area (Å²) >= 11 is 2.00. The molecule has 1 fully saturated rings. The second kappa shape index (κ2) is 6.90. The van der Waals surface area contributed by atoms with Gasteiger partial charge in [0.1, 0.15) is 6.10 Å². The third-order valence-corrected chi connectivity index (χ3v) is 4.17. The van der Waals surface area contributed by atoms with Gasteiger partial charge >= 0.3 is 0 Å². The van der Waals surface area contributed by atoms with Crippen LogP contribution in [0.4, 0.5) is 0 Å². The summed E-state index contributed by atoms with van der Waals surface area (Å²) in [6.45, 7) is 0.656. The number of thioether (sulfide) groups is 1. The van der Waals surface area contributed by atoms with E-state index in [1.807, 2.05) is 23.9 Å². The van der Waals surface area contributed by atoms with Crippen LogP contribution in [0.25, 0.3) is 0 Å². The van der Waals surface area contributed by atoms with Crippen molar-refractivity contribution in [3.63, 3.8) is 0 Å². The topological polar surface area (TPSA) is 44.5 Å². The van der Waals surface area contributed by atoms with Gasteiger partial charge in [0.2, 0.25) is 0 Å². The van der Waals surface area contributed by atoms with Gasteiger partial charge in [0, 0.05) is 0 Å². The summed E-state index contributed by atoms with van der Waals surface area (Å²) in [7, 11) is 1.69. The normalized spacial score (nSPS) is 16.6. The zero-order valence-electron chi connectivity index (χ0n) is 10.9. The zero-order chi connectivity index (χ0) is 12.8. The van der Waals surface area contributed by atoms with Crippen LogP contribution in [-0.4, -0.2) is 31.3 Å². The molecule has 18 heavy (non-hydrogen) atoms. The highest BCUT2D eigenvalue weighted by molar-refractivity contribution is 7.99. The molecule has 1 aliphatic rings. The lowest BCUT2D eigenvalue weighted by Gasteiger charge is -2.24. The van der Waals surface area contributed by atoms with Crippen LogP contribution in [0.1, 0.15) is 18.4 Å². The van der Waals surface area contributed by atoms with Crippen LogP contribution in [0.15, 0.2) is 18.2 Å². The third-order valence-electron chi connectivity index (χ3n) is 3.12. The molecule has 0 unspecified atom stereocenters. The smallest absolute Gasteiger partial charge is 0.161 e. The number of nitrogens with two attached hydrogens (primary N) is 1. The maximum Gasteiger partial charge on any atom is 0.161 e. The average molecular weight is 267 g/mol. The lowest BCUT2D eigenvalue weighted by molar-refractivity contribution is 0.184. The highest BCUT2D eigenvalue weighted by atomic mass is 32.2. The Balaban J connectivity index is 2.06. The Morgan fingerprint density at radius 1 is 1.28 bits per heavy atom. The first-order chi connectivity index (χ1) is 8.83.